The molecule has 1 amide bonds. The van der Waals surface area contributed by atoms with Crippen LogP contribution in [-0.4, -0.2) is 35.7 Å². The number of carbonyl (C=O) groups excluding carboxylic acids is 1. The molecule has 0 aliphatic heterocycles. The number of nitrogens with zero attached hydrogens (tertiary/aromatic N) is 2. The molecule has 1 N–H and O–H groups in total. The summed E-state index contributed by atoms with van der Waals surface area (Å²) in [6.07, 6.45) is 3.08. The lowest BCUT2D eigenvalue weighted by Crippen LogP contribution is -2.26. The largest absolute Gasteiger partial charge is 0.497 e. The predicted octanol–water partition coefficient (Wildman–Crippen LogP) is 5.93. The van der Waals surface area contributed by atoms with Gasteiger partial charge in [-0.1, -0.05) is 50.2 Å². The molecule has 4 rings (SSSR count). The fraction of sp³-hybridized carbons (Fsp3) is 0.355. The topological polar surface area (TPSA) is 65.4 Å². The van der Waals surface area contributed by atoms with E-state index in [0.29, 0.717) is 32.0 Å². The van der Waals surface area contributed by atoms with Gasteiger partial charge >= 0.3 is 0 Å². The van der Waals surface area contributed by atoms with E-state index in [1.807, 2.05) is 42.5 Å². The number of para-hydroxylation sites is 2. The first-order valence-electron chi connectivity index (χ1n) is 13.1. The van der Waals surface area contributed by atoms with Crippen LogP contribution in [0.2, 0.25) is 0 Å². The first kappa shape index (κ1) is 26.3. The number of fused-ring (bicyclic) bond motifs is 1. The Bertz CT molecular complexity index is 1280. The van der Waals surface area contributed by atoms with E-state index in [0.717, 1.165) is 53.2 Å². The number of nitrogens with one attached hydrogen (secondary N) is 1. The number of hydrogen-bond donors (Lipinski definition) is 1. The Morgan fingerprint density at radius 2 is 1.73 bits per heavy atom. The van der Waals surface area contributed by atoms with E-state index in [4.69, 9.17) is 14.5 Å². The van der Waals surface area contributed by atoms with Gasteiger partial charge in [0.2, 0.25) is 5.91 Å². The zero-order chi connectivity index (χ0) is 26.0. The summed E-state index contributed by atoms with van der Waals surface area (Å²) in [5.41, 5.74) is 4.40. The summed E-state index contributed by atoms with van der Waals surface area (Å²) in [6.45, 7) is 6.34. The normalized spacial score (nSPS) is 11.9. The molecule has 4 aromatic rings. The molecule has 0 bridgehead atoms. The molecule has 1 unspecified atom stereocenters. The molecule has 6 nitrogen and oxygen atoms in total. The number of carbonyl (C=O) groups is 1. The van der Waals surface area contributed by atoms with Crippen LogP contribution in [0.4, 0.5) is 0 Å². The molecule has 0 aliphatic rings. The van der Waals surface area contributed by atoms with Crippen molar-refractivity contribution in [2.75, 3.05) is 20.3 Å². The summed E-state index contributed by atoms with van der Waals surface area (Å²) in [5.74, 6) is 3.27. The van der Waals surface area contributed by atoms with E-state index in [9.17, 15) is 4.79 Å². The highest BCUT2D eigenvalue weighted by atomic mass is 16.5. The van der Waals surface area contributed by atoms with Gasteiger partial charge in [-0.2, -0.15) is 0 Å². The number of imidazole rings is 1. The first-order chi connectivity index (χ1) is 18.1. The maximum atomic E-state index is 12.4. The van der Waals surface area contributed by atoms with Gasteiger partial charge in [0.05, 0.1) is 31.1 Å². The molecule has 6 heteroatoms. The molecule has 0 saturated heterocycles. The van der Waals surface area contributed by atoms with E-state index in [-0.39, 0.29) is 5.91 Å². The second-order valence-electron chi connectivity index (χ2n) is 9.37. The third kappa shape index (κ3) is 7.13. The number of methoxy groups -OCH3 is 1. The van der Waals surface area contributed by atoms with Gasteiger partial charge in [0.1, 0.15) is 23.9 Å². The molecule has 194 valence electrons. The van der Waals surface area contributed by atoms with Gasteiger partial charge in [-0.25, -0.2) is 4.98 Å². The maximum Gasteiger partial charge on any atom is 0.224 e. The molecule has 0 aliphatic carbocycles. The quantitative estimate of drug-likeness (QED) is 0.232. The Kier molecular flexibility index (Phi) is 9.19. The van der Waals surface area contributed by atoms with E-state index in [1.54, 1.807) is 7.11 Å². The summed E-state index contributed by atoms with van der Waals surface area (Å²) in [4.78, 5) is 17.2. The van der Waals surface area contributed by atoms with E-state index in [1.165, 1.54) is 5.56 Å². The summed E-state index contributed by atoms with van der Waals surface area (Å²) < 4.78 is 13.5. The molecular formula is C31H37N3O3. The monoisotopic (exact) mass is 499 g/mol. The van der Waals surface area contributed by atoms with Crippen molar-refractivity contribution in [2.45, 2.75) is 52.0 Å². The van der Waals surface area contributed by atoms with Crippen molar-refractivity contribution in [3.05, 3.63) is 89.7 Å². The number of amides is 1. The minimum absolute atomic E-state index is 0.0198. The Labute approximate surface area is 219 Å². The van der Waals surface area contributed by atoms with Crippen LogP contribution < -0.4 is 14.8 Å². The van der Waals surface area contributed by atoms with Gasteiger partial charge < -0.3 is 19.4 Å². The van der Waals surface area contributed by atoms with Crippen LogP contribution in [0.1, 0.15) is 49.6 Å². The molecule has 37 heavy (non-hydrogen) atoms. The van der Waals surface area contributed by atoms with Crippen LogP contribution in [-0.2, 0) is 24.2 Å². The average molecular weight is 500 g/mol. The van der Waals surface area contributed by atoms with Gasteiger partial charge in [-0.15, -0.1) is 0 Å². The molecule has 0 radical (unpaired) electrons. The molecule has 0 spiro atoms. The van der Waals surface area contributed by atoms with Crippen molar-refractivity contribution in [2.24, 2.45) is 0 Å². The number of aryl methyl sites for hydroxylation is 1. The average Bonchev–Trinajstić information content (AvgIpc) is 3.28. The summed E-state index contributed by atoms with van der Waals surface area (Å²) in [5, 5.41) is 3.03. The number of hydrogen-bond acceptors (Lipinski definition) is 4. The van der Waals surface area contributed by atoms with Crippen molar-refractivity contribution < 1.29 is 14.3 Å². The summed E-state index contributed by atoms with van der Waals surface area (Å²) in [7, 11) is 1.63. The smallest absolute Gasteiger partial charge is 0.224 e. The standard InChI is InChI=1S/C31H37N3O3/c1-4-23(2)25-13-17-27(18-14-25)37-21-20-34-29-9-6-5-8-28(29)33-30(34)10-7-19-32-31(35)22-24-11-15-26(36-3)16-12-24/h5-6,8-9,11-18,23H,4,7,10,19-22H2,1-3H3,(H,32,35). The van der Waals surface area contributed by atoms with E-state index < -0.39 is 0 Å². The zero-order valence-corrected chi connectivity index (χ0v) is 22.1. The van der Waals surface area contributed by atoms with E-state index in [2.05, 4.69) is 54.1 Å². The molecule has 3 aromatic carbocycles. The summed E-state index contributed by atoms with van der Waals surface area (Å²) >= 11 is 0. The molecule has 0 saturated carbocycles. The Balaban J connectivity index is 1.29. The van der Waals surface area contributed by atoms with E-state index >= 15 is 0 Å². The number of benzene rings is 3. The van der Waals surface area contributed by atoms with Gasteiger partial charge in [0.15, 0.2) is 0 Å². The fourth-order valence-electron chi connectivity index (χ4n) is 4.41. The molecule has 1 atom stereocenters. The highest BCUT2D eigenvalue weighted by Crippen LogP contribution is 2.22. The van der Waals surface area contributed by atoms with Gasteiger partial charge in [-0.3, -0.25) is 4.79 Å². The minimum atomic E-state index is 0.0198. The van der Waals surface area contributed by atoms with Crippen LogP contribution in [0.15, 0.2) is 72.8 Å². The predicted molar refractivity (Wildman–Crippen MR) is 148 cm³/mol. The maximum absolute atomic E-state index is 12.4. The second kappa shape index (κ2) is 12.9. The van der Waals surface area contributed by atoms with Gasteiger partial charge in [-0.05, 0) is 66.3 Å². The van der Waals surface area contributed by atoms with Crippen molar-refractivity contribution >= 4 is 16.9 Å². The summed E-state index contributed by atoms with van der Waals surface area (Å²) in [6, 6.07) is 24.2. The van der Waals surface area contributed by atoms with Crippen LogP contribution in [0.3, 0.4) is 0 Å². The minimum Gasteiger partial charge on any atom is -0.497 e. The Hall–Kier alpha value is -3.80. The zero-order valence-electron chi connectivity index (χ0n) is 22.1. The third-order valence-electron chi connectivity index (χ3n) is 6.80. The molecule has 1 heterocycles. The van der Waals surface area contributed by atoms with Crippen LogP contribution in [0, 0.1) is 0 Å². The molecule has 1 aromatic heterocycles. The van der Waals surface area contributed by atoms with Crippen molar-refractivity contribution in [1.29, 1.82) is 0 Å². The Morgan fingerprint density at radius 1 is 1.00 bits per heavy atom. The molecule has 0 fully saturated rings. The lowest BCUT2D eigenvalue weighted by atomic mass is 9.99. The first-order valence-corrected chi connectivity index (χ1v) is 13.1. The van der Waals surface area contributed by atoms with Gasteiger partial charge in [0, 0.05) is 13.0 Å². The van der Waals surface area contributed by atoms with Crippen molar-refractivity contribution in [3.63, 3.8) is 0 Å². The van der Waals surface area contributed by atoms with Crippen LogP contribution >= 0.6 is 0 Å². The number of aromatic nitrogens is 2. The number of ether oxygens (including phenoxy) is 2. The molecular weight excluding hydrogens is 462 g/mol. The van der Waals surface area contributed by atoms with Crippen molar-refractivity contribution in [1.82, 2.24) is 14.9 Å². The second-order valence-corrected chi connectivity index (χ2v) is 9.37. The third-order valence-corrected chi connectivity index (χ3v) is 6.80. The van der Waals surface area contributed by atoms with Crippen LogP contribution in [0.5, 0.6) is 11.5 Å². The lowest BCUT2D eigenvalue weighted by molar-refractivity contribution is -0.120. The van der Waals surface area contributed by atoms with Gasteiger partial charge in [0.25, 0.3) is 0 Å². The van der Waals surface area contributed by atoms with Crippen LogP contribution in [0.25, 0.3) is 11.0 Å². The van der Waals surface area contributed by atoms with Crippen molar-refractivity contribution in [3.8, 4) is 11.5 Å². The number of rotatable bonds is 13. The highest BCUT2D eigenvalue weighted by molar-refractivity contribution is 5.78. The fourth-order valence-corrected chi connectivity index (χ4v) is 4.41. The SMILES string of the molecule is CCC(C)c1ccc(OCCn2c(CCCNC(=O)Cc3ccc(OC)cc3)nc3ccccc32)cc1. The highest BCUT2D eigenvalue weighted by Gasteiger charge is 2.11. The lowest BCUT2D eigenvalue weighted by Gasteiger charge is -2.13. The Morgan fingerprint density at radius 3 is 2.46 bits per heavy atom.